The summed E-state index contributed by atoms with van der Waals surface area (Å²) in [6, 6.07) is 6.32. The van der Waals surface area contributed by atoms with Gasteiger partial charge in [-0.2, -0.15) is 0 Å². The van der Waals surface area contributed by atoms with E-state index in [0.717, 1.165) is 19.4 Å². The Bertz CT molecular complexity index is 490. The number of aromatic carboxylic acids is 1. The second kappa shape index (κ2) is 6.91. The number of nitrogens with one attached hydrogen (secondary N) is 2. The van der Waals surface area contributed by atoms with Gasteiger partial charge in [0.1, 0.15) is 17.9 Å². The molecule has 1 saturated heterocycles. The van der Waals surface area contributed by atoms with Crippen molar-refractivity contribution in [2.24, 2.45) is 0 Å². The molecule has 1 aromatic rings. The molecule has 3 N–H and O–H groups in total. The van der Waals surface area contributed by atoms with Gasteiger partial charge in [0.15, 0.2) is 0 Å². The standard InChI is InChI=1S/C14H18N2O4/c17-13-11(5-3-7-16-13)15-8-9-20-12-6-2-1-4-10(12)14(18)19/h1-2,4,6,11,15H,3,5,7-9H2,(H,16,17)(H,18,19). The van der Waals surface area contributed by atoms with Crippen LogP contribution in [-0.4, -0.2) is 42.7 Å². The molecule has 0 bridgehead atoms. The van der Waals surface area contributed by atoms with Crippen molar-refractivity contribution in [3.8, 4) is 5.75 Å². The van der Waals surface area contributed by atoms with Crippen molar-refractivity contribution in [3.05, 3.63) is 29.8 Å². The summed E-state index contributed by atoms with van der Waals surface area (Å²) in [5.74, 6) is -0.655. The van der Waals surface area contributed by atoms with E-state index in [0.29, 0.717) is 18.9 Å². The number of ether oxygens (including phenoxy) is 1. The van der Waals surface area contributed by atoms with E-state index >= 15 is 0 Å². The number of carbonyl (C=O) groups excluding carboxylic acids is 1. The molecule has 20 heavy (non-hydrogen) atoms. The van der Waals surface area contributed by atoms with Crippen molar-refractivity contribution >= 4 is 11.9 Å². The van der Waals surface area contributed by atoms with Gasteiger partial charge in [-0.3, -0.25) is 4.79 Å². The number of carboxylic acids is 1. The number of hydrogen-bond donors (Lipinski definition) is 3. The van der Waals surface area contributed by atoms with Gasteiger partial charge in [-0.15, -0.1) is 0 Å². The van der Waals surface area contributed by atoms with Crippen LogP contribution in [0, 0.1) is 0 Å². The molecular weight excluding hydrogens is 260 g/mol. The van der Waals surface area contributed by atoms with Gasteiger partial charge in [0.25, 0.3) is 0 Å². The van der Waals surface area contributed by atoms with Gasteiger partial charge in [-0.1, -0.05) is 12.1 Å². The molecule has 1 amide bonds. The molecule has 0 aliphatic carbocycles. The fraction of sp³-hybridized carbons (Fsp3) is 0.429. The van der Waals surface area contributed by atoms with Crippen LogP contribution >= 0.6 is 0 Å². The molecule has 0 radical (unpaired) electrons. The molecule has 108 valence electrons. The smallest absolute Gasteiger partial charge is 0.339 e. The van der Waals surface area contributed by atoms with E-state index in [-0.39, 0.29) is 17.5 Å². The fourth-order valence-corrected chi connectivity index (χ4v) is 2.13. The number of rotatable bonds is 6. The zero-order chi connectivity index (χ0) is 14.4. The van der Waals surface area contributed by atoms with Crippen molar-refractivity contribution in [3.63, 3.8) is 0 Å². The normalized spacial score (nSPS) is 18.4. The van der Waals surface area contributed by atoms with Crippen LogP contribution in [0.25, 0.3) is 0 Å². The van der Waals surface area contributed by atoms with E-state index in [9.17, 15) is 9.59 Å². The minimum atomic E-state index is -1.01. The van der Waals surface area contributed by atoms with Crippen LogP contribution in [0.2, 0.25) is 0 Å². The molecule has 0 spiro atoms. The quantitative estimate of drug-likeness (QED) is 0.664. The van der Waals surface area contributed by atoms with Crippen LogP contribution in [0.4, 0.5) is 0 Å². The van der Waals surface area contributed by atoms with Gasteiger partial charge in [0, 0.05) is 13.1 Å². The lowest BCUT2D eigenvalue weighted by Gasteiger charge is -2.22. The average molecular weight is 278 g/mol. The second-order valence-corrected chi connectivity index (χ2v) is 4.59. The molecule has 6 heteroatoms. The predicted molar refractivity (Wildman–Crippen MR) is 72.9 cm³/mol. The summed E-state index contributed by atoms with van der Waals surface area (Å²) < 4.78 is 5.45. The molecule has 1 fully saturated rings. The number of amides is 1. The summed E-state index contributed by atoms with van der Waals surface area (Å²) in [5.41, 5.74) is 0.142. The Balaban J connectivity index is 1.78. The van der Waals surface area contributed by atoms with Crippen LogP contribution in [0.15, 0.2) is 24.3 Å². The minimum absolute atomic E-state index is 0.0159. The highest BCUT2D eigenvalue weighted by Gasteiger charge is 2.20. The van der Waals surface area contributed by atoms with Crippen molar-refractivity contribution < 1.29 is 19.4 Å². The Morgan fingerprint density at radius 3 is 3.00 bits per heavy atom. The summed E-state index contributed by atoms with van der Waals surface area (Å²) in [5, 5.41) is 14.9. The highest BCUT2D eigenvalue weighted by atomic mass is 16.5. The Hall–Kier alpha value is -2.08. The molecule has 1 atom stereocenters. The van der Waals surface area contributed by atoms with Gasteiger partial charge in [0.05, 0.1) is 6.04 Å². The van der Waals surface area contributed by atoms with Crippen molar-refractivity contribution in [1.82, 2.24) is 10.6 Å². The Labute approximate surface area is 117 Å². The highest BCUT2D eigenvalue weighted by molar-refractivity contribution is 5.90. The molecule has 1 aliphatic rings. The highest BCUT2D eigenvalue weighted by Crippen LogP contribution is 2.17. The Kier molecular flexibility index (Phi) is 4.95. The van der Waals surface area contributed by atoms with Crippen molar-refractivity contribution in [2.45, 2.75) is 18.9 Å². The maximum atomic E-state index is 11.5. The topological polar surface area (TPSA) is 87.7 Å². The lowest BCUT2D eigenvalue weighted by Crippen LogP contribution is -2.49. The fourth-order valence-electron chi connectivity index (χ4n) is 2.13. The first kappa shape index (κ1) is 14.3. The molecule has 0 aromatic heterocycles. The van der Waals surface area contributed by atoms with Crippen LogP contribution < -0.4 is 15.4 Å². The van der Waals surface area contributed by atoms with E-state index in [1.165, 1.54) is 6.07 Å². The number of carboxylic acid groups (broad SMARTS) is 1. The summed E-state index contributed by atoms with van der Waals surface area (Å²) in [6.07, 6.45) is 1.78. The molecule has 1 aromatic carbocycles. The molecule has 1 aliphatic heterocycles. The third-order valence-corrected chi connectivity index (χ3v) is 3.15. The van der Waals surface area contributed by atoms with E-state index in [4.69, 9.17) is 9.84 Å². The third-order valence-electron chi connectivity index (χ3n) is 3.15. The number of benzene rings is 1. The molecule has 1 unspecified atom stereocenters. The Morgan fingerprint density at radius 2 is 2.25 bits per heavy atom. The SMILES string of the molecule is O=C(O)c1ccccc1OCCNC1CCCNC1=O. The third kappa shape index (κ3) is 3.71. The summed E-state index contributed by atoms with van der Waals surface area (Å²) in [6.45, 7) is 1.54. The first-order valence-corrected chi connectivity index (χ1v) is 6.64. The van der Waals surface area contributed by atoms with Crippen molar-refractivity contribution in [1.29, 1.82) is 0 Å². The maximum absolute atomic E-state index is 11.5. The number of piperidine rings is 1. The van der Waals surface area contributed by atoms with Gasteiger partial charge in [0.2, 0.25) is 5.91 Å². The Morgan fingerprint density at radius 1 is 1.45 bits per heavy atom. The molecule has 1 heterocycles. The lowest BCUT2D eigenvalue weighted by atomic mass is 10.1. The first-order chi connectivity index (χ1) is 9.68. The van der Waals surface area contributed by atoms with Gasteiger partial charge in [-0.05, 0) is 25.0 Å². The van der Waals surface area contributed by atoms with E-state index in [1.807, 2.05) is 0 Å². The summed E-state index contributed by atoms with van der Waals surface area (Å²) in [7, 11) is 0. The van der Waals surface area contributed by atoms with E-state index in [1.54, 1.807) is 18.2 Å². The zero-order valence-electron chi connectivity index (χ0n) is 11.1. The largest absolute Gasteiger partial charge is 0.491 e. The number of carbonyl (C=O) groups is 2. The minimum Gasteiger partial charge on any atom is -0.491 e. The molecule has 6 nitrogen and oxygen atoms in total. The monoisotopic (exact) mass is 278 g/mol. The number of para-hydroxylation sites is 1. The maximum Gasteiger partial charge on any atom is 0.339 e. The van der Waals surface area contributed by atoms with Gasteiger partial charge in [-0.25, -0.2) is 4.79 Å². The van der Waals surface area contributed by atoms with Gasteiger partial charge < -0.3 is 20.5 Å². The van der Waals surface area contributed by atoms with E-state index < -0.39 is 5.97 Å². The van der Waals surface area contributed by atoms with Crippen LogP contribution in [0.3, 0.4) is 0 Å². The lowest BCUT2D eigenvalue weighted by molar-refractivity contribution is -0.124. The average Bonchev–Trinajstić information content (AvgIpc) is 2.45. The summed E-state index contributed by atoms with van der Waals surface area (Å²) >= 11 is 0. The van der Waals surface area contributed by atoms with Crippen molar-refractivity contribution in [2.75, 3.05) is 19.7 Å². The molecule has 0 saturated carbocycles. The summed E-state index contributed by atoms with van der Waals surface area (Å²) in [4.78, 5) is 22.5. The zero-order valence-corrected chi connectivity index (χ0v) is 11.1. The molecular formula is C14H18N2O4. The predicted octanol–water partition coefficient (Wildman–Crippen LogP) is 0.632. The first-order valence-electron chi connectivity index (χ1n) is 6.64. The van der Waals surface area contributed by atoms with Gasteiger partial charge >= 0.3 is 5.97 Å². The van der Waals surface area contributed by atoms with Crippen LogP contribution in [-0.2, 0) is 4.79 Å². The van der Waals surface area contributed by atoms with Crippen LogP contribution in [0.1, 0.15) is 23.2 Å². The number of hydrogen-bond acceptors (Lipinski definition) is 4. The second-order valence-electron chi connectivity index (χ2n) is 4.59. The molecule has 2 rings (SSSR count). The van der Waals surface area contributed by atoms with E-state index in [2.05, 4.69) is 10.6 Å². The van der Waals surface area contributed by atoms with Crippen LogP contribution in [0.5, 0.6) is 5.75 Å².